The Balaban J connectivity index is 2.05. The van der Waals surface area contributed by atoms with Gasteiger partial charge in [-0.05, 0) is 31.9 Å². The van der Waals surface area contributed by atoms with Crippen LogP contribution in [0.2, 0.25) is 0 Å². The molecule has 0 bridgehead atoms. The van der Waals surface area contributed by atoms with E-state index in [0.717, 1.165) is 19.4 Å². The Hall–Kier alpha value is -1.62. The number of ether oxygens (including phenoxy) is 1. The van der Waals surface area contributed by atoms with Crippen molar-refractivity contribution in [2.45, 2.75) is 25.9 Å². The van der Waals surface area contributed by atoms with Crippen LogP contribution in [0.5, 0.6) is 0 Å². The normalized spacial score (nSPS) is 19.3. The highest BCUT2D eigenvalue weighted by atomic mass is 16.5. The van der Waals surface area contributed by atoms with E-state index in [2.05, 4.69) is 10.3 Å². The first-order valence-electron chi connectivity index (χ1n) is 6.80. The van der Waals surface area contributed by atoms with E-state index in [4.69, 9.17) is 4.74 Å². The predicted octanol–water partition coefficient (Wildman–Crippen LogP) is 1.76. The smallest absolute Gasteiger partial charge is 0.272 e. The fraction of sp³-hybridized carbons (Fsp3) is 0.571. The molecular weight excluding hydrogens is 242 g/mol. The van der Waals surface area contributed by atoms with Gasteiger partial charge in [0.15, 0.2) is 0 Å². The fourth-order valence-electron chi connectivity index (χ4n) is 2.35. The first-order valence-corrected chi connectivity index (χ1v) is 6.80. The molecule has 1 aliphatic rings. The van der Waals surface area contributed by atoms with Crippen LogP contribution in [-0.2, 0) is 4.74 Å². The molecule has 1 N–H and O–H groups in total. The monoisotopic (exact) mass is 263 g/mol. The van der Waals surface area contributed by atoms with E-state index >= 15 is 0 Å². The van der Waals surface area contributed by atoms with E-state index < -0.39 is 0 Å². The van der Waals surface area contributed by atoms with E-state index in [0.29, 0.717) is 24.7 Å². The van der Waals surface area contributed by atoms with Gasteiger partial charge in [0.1, 0.15) is 11.5 Å². The summed E-state index contributed by atoms with van der Waals surface area (Å²) in [5.74, 6) is 0.700. The predicted molar refractivity (Wildman–Crippen MR) is 74.3 cm³/mol. The Morgan fingerprint density at radius 3 is 3.16 bits per heavy atom. The first-order chi connectivity index (χ1) is 9.24. The average Bonchev–Trinajstić information content (AvgIpc) is 2.47. The second-order valence-corrected chi connectivity index (χ2v) is 4.63. The maximum Gasteiger partial charge on any atom is 0.272 e. The van der Waals surface area contributed by atoms with E-state index in [1.807, 2.05) is 24.0 Å². The van der Waals surface area contributed by atoms with Gasteiger partial charge in [-0.2, -0.15) is 0 Å². The molecule has 1 atom stereocenters. The maximum absolute atomic E-state index is 12.4. The second-order valence-electron chi connectivity index (χ2n) is 4.63. The number of hydrogen-bond acceptors (Lipinski definition) is 4. The minimum atomic E-state index is -0.0125. The number of hydrogen-bond donors (Lipinski definition) is 1. The van der Waals surface area contributed by atoms with Crippen molar-refractivity contribution in [1.82, 2.24) is 9.88 Å². The zero-order chi connectivity index (χ0) is 13.7. The van der Waals surface area contributed by atoms with Crippen LogP contribution in [0, 0.1) is 0 Å². The summed E-state index contributed by atoms with van der Waals surface area (Å²) < 4.78 is 5.62. The van der Waals surface area contributed by atoms with Gasteiger partial charge in [-0.25, -0.2) is 4.98 Å². The van der Waals surface area contributed by atoms with Gasteiger partial charge in [-0.15, -0.1) is 0 Å². The molecule has 1 amide bonds. The largest absolute Gasteiger partial charge is 0.377 e. The Kier molecular flexibility index (Phi) is 4.74. The molecule has 1 saturated heterocycles. The summed E-state index contributed by atoms with van der Waals surface area (Å²) in [6.07, 6.45) is 2.18. The molecule has 0 aliphatic carbocycles. The summed E-state index contributed by atoms with van der Waals surface area (Å²) in [5.41, 5.74) is 0.490. The third kappa shape index (κ3) is 3.44. The summed E-state index contributed by atoms with van der Waals surface area (Å²) >= 11 is 0. The van der Waals surface area contributed by atoms with E-state index in [1.54, 1.807) is 13.1 Å². The summed E-state index contributed by atoms with van der Waals surface area (Å²) in [7, 11) is 1.79. The summed E-state index contributed by atoms with van der Waals surface area (Å²) in [6.45, 7) is 4.13. The third-order valence-electron chi connectivity index (χ3n) is 3.29. The highest BCUT2D eigenvalue weighted by Gasteiger charge is 2.25. The fourth-order valence-corrected chi connectivity index (χ4v) is 2.35. The van der Waals surface area contributed by atoms with Crippen molar-refractivity contribution in [2.24, 2.45) is 0 Å². The standard InChI is InChI=1S/C14H21N3O2/c1-3-19-11-6-5-9-17(10-11)14(18)12-7-4-8-13(15-2)16-12/h4,7-8,11H,3,5-6,9-10H2,1-2H3,(H,15,16). The van der Waals surface area contributed by atoms with Crippen LogP contribution in [0.1, 0.15) is 30.3 Å². The van der Waals surface area contributed by atoms with Crippen molar-refractivity contribution < 1.29 is 9.53 Å². The van der Waals surface area contributed by atoms with Crippen LogP contribution < -0.4 is 5.32 Å². The van der Waals surface area contributed by atoms with Gasteiger partial charge in [0.05, 0.1) is 6.10 Å². The molecule has 104 valence electrons. The van der Waals surface area contributed by atoms with Crippen molar-refractivity contribution >= 4 is 11.7 Å². The molecule has 0 spiro atoms. The maximum atomic E-state index is 12.4. The molecule has 1 unspecified atom stereocenters. The zero-order valence-electron chi connectivity index (χ0n) is 11.6. The van der Waals surface area contributed by atoms with E-state index in [1.165, 1.54) is 0 Å². The summed E-state index contributed by atoms with van der Waals surface area (Å²) in [5, 5.41) is 2.95. The number of piperidine rings is 1. The summed E-state index contributed by atoms with van der Waals surface area (Å²) in [6, 6.07) is 5.44. The lowest BCUT2D eigenvalue weighted by molar-refractivity contribution is 0.00704. The molecule has 5 heteroatoms. The Morgan fingerprint density at radius 1 is 1.58 bits per heavy atom. The number of likely N-dealkylation sites (tertiary alicyclic amines) is 1. The van der Waals surface area contributed by atoms with Crippen molar-refractivity contribution in [1.29, 1.82) is 0 Å². The first kappa shape index (κ1) is 13.8. The van der Waals surface area contributed by atoms with Crippen LogP contribution >= 0.6 is 0 Å². The van der Waals surface area contributed by atoms with Crippen LogP contribution in [0.4, 0.5) is 5.82 Å². The van der Waals surface area contributed by atoms with Gasteiger partial charge < -0.3 is 15.0 Å². The zero-order valence-corrected chi connectivity index (χ0v) is 11.6. The molecular formula is C14H21N3O2. The number of aromatic nitrogens is 1. The van der Waals surface area contributed by atoms with Crippen LogP contribution in [0.3, 0.4) is 0 Å². The van der Waals surface area contributed by atoms with Gasteiger partial charge in [0.25, 0.3) is 5.91 Å². The molecule has 0 aromatic carbocycles. The van der Waals surface area contributed by atoms with Crippen LogP contribution in [0.15, 0.2) is 18.2 Å². The van der Waals surface area contributed by atoms with E-state index in [9.17, 15) is 4.79 Å². The van der Waals surface area contributed by atoms with Crippen molar-refractivity contribution in [3.05, 3.63) is 23.9 Å². The van der Waals surface area contributed by atoms with Crippen molar-refractivity contribution in [3.63, 3.8) is 0 Å². The number of nitrogens with one attached hydrogen (secondary N) is 1. The molecule has 1 fully saturated rings. The Bertz CT molecular complexity index is 434. The molecule has 1 aliphatic heterocycles. The highest BCUT2D eigenvalue weighted by Crippen LogP contribution is 2.16. The number of pyridine rings is 1. The van der Waals surface area contributed by atoms with Crippen molar-refractivity contribution in [3.8, 4) is 0 Å². The molecule has 19 heavy (non-hydrogen) atoms. The lowest BCUT2D eigenvalue weighted by Gasteiger charge is -2.32. The van der Waals surface area contributed by atoms with Gasteiger partial charge in [0, 0.05) is 26.7 Å². The number of amides is 1. The van der Waals surface area contributed by atoms with E-state index in [-0.39, 0.29) is 12.0 Å². The number of anilines is 1. The second kappa shape index (κ2) is 6.52. The highest BCUT2D eigenvalue weighted by molar-refractivity contribution is 5.92. The molecule has 1 aromatic heterocycles. The topological polar surface area (TPSA) is 54.5 Å². The van der Waals surface area contributed by atoms with Crippen LogP contribution in [0.25, 0.3) is 0 Å². The van der Waals surface area contributed by atoms with Gasteiger partial charge >= 0.3 is 0 Å². The molecule has 2 heterocycles. The van der Waals surface area contributed by atoms with Crippen molar-refractivity contribution in [2.75, 3.05) is 32.1 Å². The average molecular weight is 263 g/mol. The number of nitrogens with zero attached hydrogens (tertiary/aromatic N) is 2. The molecule has 2 rings (SSSR count). The summed E-state index contributed by atoms with van der Waals surface area (Å²) in [4.78, 5) is 18.5. The minimum Gasteiger partial charge on any atom is -0.377 e. The number of carbonyl (C=O) groups excluding carboxylic acids is 1. The minimum absolute atomic E-state index is 0.0125. The molecule has 1 aromatic rings. The lowest BCUT2D eigenvalue weighted by atomic mass is 10.1. The van der Waals surface area contributed by atoms with Gasteiger partial charge in [-0.3, -0.25) is 4.79 Å². The van der Waals surface area contributed by atoms with Crippen LogP contribution in [-0.4, -0.2) is 48.6 Å². The SMILES string of the molecule is CCOC1CCCN(C(=O)c2cccc(NC)n2)C1. The molecule has 0 radical (unpaired) electrons. The Labute approximate surface area is 114 Å². The molecule has 5 nitrogen and oxygen atoms in total. The van der Waals surface area contributed by atoms with Gasteiger partial charge in [0.2, 0.25) is 0 Å². The van der Waals surface area contributed by atoms with Gasteiger partial charge in [-0.1, -0.05) is 6.07 Å². The third-order valence-corrected chi connectivity index (χ3v) is 3.29. The quantitative estimate of drug-likeness (QED) is 0.899. The molecule has 0 saturated carbocycles. The lowest BCUT2D eigenvalue weighted by Crippen LogP contribution is -2.43. The number of rotatable bonds is 4. The Morgan fingerprint density at radius 2 is 2.42 bits per heavy atom. The number of carbonyl (C=O) groups is 1.